The molecule has 1 rings (SSSR count). The van der Waals surface area contributed by atoms with E-state index in [1.54, 1.807) is 4.90 Å². The van der Waals surface area contributed by atoms with E-state index in [0.717, 1.165) is 0 Å². The smallest absolute Gasteiger partial charge is 0.410 e. The van der Waals surface area contributed by atoms with Gasteiger partial charge in [-0.25, -0.2) is 4.79 Å². The van der Waals surface area contributed by atoms with E-state index < -0.39 is 5.60 Å². The molecule has 18 heavy (non-hydrogen) atoms. The largest absolute Gasteiger partial charge is 0.444 e. The van der Waals surface area contributed by atoms with Crippen LogP contribution in [0.1, 0.15) is 20.8 Å². The number of likely N-dealkylation sites (tertiary alicyclic amines) is 1. The number of rotatable bonds is 3. The summed E-state index contributed by atoms with van der Waals surface area (Å²) in [5.74, 6) is 2.40. The van der Waals surface area contributed by atoms with Crippen molar-refractivity contribution in [2.24, 2.45) is 4.99 Å². The third kappa shape index (κ3) is 4.04. The number of carbonyl (C=O) groups excluding carboxylic acids is 1. The molecule has 0 saturated carbocycles. The summed E-state index contributed by atoms with van der Waals surface area (Å²) in [5, 5.41) is 0. The lowest BCUT2D eigenvalue weighted by molar-refractivity contribution is 0.0236. The van der Waals surface area contributed by atoms with E-state index in [0.29, 0.717) is 13.1 Å². The Kier molecular flexibility index (Phi) is 4.74. The molecule has 0 N–H and O–H groups in total. The summed E-state index contributed by atoms with van der Waals surface area (Å²) in [6.07, 6.45) is 4.58. The van der Waals surface area contributed by atoms with Gasteiger partial charge >= 0.3 is 6.09 Å². The van der Waals surface area contributed by atoms with Crippen molar-refractivity contribution in [1.29, 1.82) is 0 Å². The van der Waals surface area contributed by atoms with Gasteiger partial charge in [0.15, 0.2) is 0 Å². The van der Waals surface area contributed by atoms with Crippen molar-refractivity contribution in [2.75, 3.05) is 19.7 Å². The maximum absolute atomic E-state index is 11.9. The standard InChI is InChI=1S/C13H20N2O3/c1-6-7-17-11-9-15(8-10(11)14-5)12(16)18-13(2,3)4/h1,10-11H,5,7-9H2,2-4H3/t10?,11-/m0/s1. The van der Waals surface area contributed by atoms with Crippen LogP contribution in [-0.2, 0) is 9.47 Å². The van der Waals surface area contributed by atoms with Crippen molar-refractivity contribution in [3.05, 3.63) is 0 Å². The Balaban J connectivity index is 2.58. The molecular formula is C13H20N2O3. The molecule has 5 nitrogen and oxygen atoms in total. The fraction of sp³-hybridized carbons (Fsp3) is 0.692. The summed E-state index contributed by atoms with van der Waals surface area (Å²) in [6.45, 7) is 10.1. The van der Waals surface area contributed by atoms with Crippen molar-refractivity contribution < 1.29 is 14.3 Å². The minimum Gasteiger partial charge on any atom is -0.444 e. The summed E-state index contributed by atoms with van der Waals surface area (Å²) in [7, 11) is 0. The summed E-state index contributed by atoms with van der Waals surface area (Å²) in [4.78, 5) is 17.4. The van der Waals surface area contributed by atoms with Gasteiger partial charge in [0, 0.05) is 6.54 Å². The predicted octanol–water partition coefficient (Wildman–Crippen LogP) is 1.32. The highest BCUT2D eigenvalue weighted by molar-refractivity contribution is 5.68. The number of carbonyl (C=O) groups is 1. The zero-order chi connectivity index (χ0) is 13.8. The monoisotopic (exact) mass is 252 g/mol. The van der Waals surface area contributed by atoms with Crippen molar-refractivity contribution in [3.8, 4) is 12.3 Å². The molecule has 0 aromatic heterocycles. The molecule has 1 unspecified atom stereocenters. The van der Waals surface area contributed by atoms with E-state index in [2.05, 4.69) is 17.6 Å². The number of ether oxygens (including phenoxy) is 2. The van der Waals surface area contributed by atoms with Gasteiger partial charge in [-0.15, -0.1) is 6.42 Å². The molecule has 2 atom stereocenters. The zero-order valence-electron chi connectivity index (χ0n) is 11.2. The molecule has 0 aromatic carbocycles. The van der Waals surface area contributed by atoms with Crippen molar-refractivity contribution >= 4 is 12.8 Å². The Morgan fingerprint density at radius 1 is 1.56 bits per heavy atom. The molecule has 5 heteroatoms. The summed E-state index contributed by atoms with van der Waals surface area (Å²) < 4.78 is 10.7. The Morgan fingerprint density at radius 3 is 2.72 bits per heavy atom. The quantitative estimate of drug-likeness (QED) is 0.562. The molecule has 100 valence electrons. The lowest BCUT2D eigenvalue weighted by atomic mass is 10.2. The maximum Gasteiger partial charge on any atom is 0.410 e. The van der Waals surface area contributed by atoms with Crippen LogP contribution in [0.4, 0.5) is 4.79 Å². The van der Waals surface area contributed by atoms with Crippen LogP contribution in [0.15, 0.2) is 4.99 Å². The number of terminal acetylenes is 1. The molecule has 1 aliphatic rings. The first-order chi connectivity index (χ1) is 8.37. The van der Waals surface area contributed by atoms with Crippen molar-refractivity contribution in [2.45, 2.75) is 38.5 Å². The normalized spacial score (nSPS) is 23.6. The number of nitrogens with zero attached hydrogens (tertiary/aromatic N) is 2. The van der Waals surface area contributed by atoms with Gasteiger partial charge in [-0.1, -0.05) is 5.92 Å². The second-order valence-corrected chi connectivity index (χ2v) is 5.19. The van der Waals surface area contributed by atoms with E-state index >= 15 is 0 Å². The molecule has 1 saturated heterocycles. The fourth-order valence-electron chi connectivity index (χ4n) is 1.73. The first kappa shape index (κ1) is 14.5. The average molecular weight is 252 g/mol. The van der Waals surface area contributed by atoms with Gasteiger partial charge in [-0.3, -0.25) is 4.99 Å². The lowest BCUT2D eigenvalue weighted by Crippen LogP contribution is -2.36. The Morgan fingerprint density at radius 2 is 2.22 bits per heavy atom. The number of aliphatic imine (C=N–C) groups is 1. The van der Waals surface area contributed by atoms with Gasteiger partial charge in [0.1, 0.15) is 18.3 Å². The van der Waals surface area contributed by atoms with Crippen LogP contribution in [0, 0.1) is 12.3 Å². The minimum absolute atomic E-state index is 0.147. The number of amides is 1. The van der Waals surface area contributed by atoms with Gasteiger partial charge in [0.2, 0.25) is 0 Å². The van der Waals surface area contributed by atoms with E-state index in [-0.39, 0.29) is 24.8 Å². The highest BCUT2D eigenvalue weighted by atomic mass is 16.6. The Labute approximate surface area is 108 Å². The van der Waals surface area contributed by atoms with Crippen LogP contribution >= 0.6 is 0 Å². The molecular weight excluding hydrogens is 232 g/mol. The molecule has 0 aromatic rings. The molecule has 0 radical (unpaired) electrons. The molecule has 1 amide bonds. The van der Waals surface area contributed by atoms with E-state index in [1.165, 1.54) is 0 Å². The third-order valence-corrected chi connectivity index (χ3v) is 2.50. The zero-order valence-corrected chi connectivity index (χ0v) is 11.2. The second-order valence-electron chi connectivity index (χ2n) is 5.19. The topological polar surface area (TPSA) is 51.1 Å². The average Bonchev–Trinajstić information content (AvgIpc) is 2.67. The fourth-order valence-corrected chi connectivity index (χ4v) is 1.73. The first-order valence-corrected chi connectivity index (χ1v) is 5.86. The lowest BCUT2D eigenvalue weighted by Gasteiger charge is -2.24. The van der Waals surface area contributed by atoms with Gasteiger partial charge in [-0.05, 0) is 27.5 Å². The van der Waals surface area contributed by atoms with E-state index in [9.17, 15) is 4.79 Å². The third-order valence-electron chi connectivity index (χ3n) is 2.50. The summed E-state index contributed by atoms with van der Waals surface area (Å²) in [6, 6.07) is -0.147. The second kappa shape index (κ2) is 5.87. The molecule has 1 fully saturated rings. The molecule has 0 aliphatic carbocycles. The molecule has 0 spiro atoms. The molecule has 1 heterocycles. The highest BCUT2D eigenvalue weighted by Crippen LogP contribution is 2.19. The SMILES string of the molecule is C#CCO[C@H]1CN(C(=O)OC(C)(C)C)CC1N=C. The van der Waals surface area contributed by atoms with Gasteiger partial charge in [0.25, 0.3) is 0 Å². The van der Waals surface area contributed by atoms with E-state index in [1.807, 2.05) is 20.8 Å². The van der Waals surface area contributed by atoms with Crippen LogP contribution in [0.25, 0.3) is 0 Å². The summed E-state index contributed by atoms with van der Waals surface area (Å²) in [5.41, 5.74) is -0.508. The Bertz CT molecular complexity index is 354. The van der Waals surface area contributed by atoms with Crippen LogP contribution in [0.5, 0.6) is 0 Å². The Hall–Kier alpha value is -1.54. The van der Waals surface area contributed by atoms with Crippen LogP contribution in [0.3, 0.4) is 0 Å². The minimum atomic E-state index is -0.508. The number of hydrogen-bond acceptors (Lipinski definition) is 4. The highest BCUT2D eigenvalue weighted by Gasteiger charge is 2.37. The molecule has 0 bridgehead atoms. The van der Waals surface area contributed by atoms with Crippen LogP contribution in [-0.4, -0.2) is 55.2 Å². The van der Waals surface area contributed by atoms with Crippen molar-refractivity contribution in [3.63, 3.8) is 0 Å². The van der Waals surface area contributed by atoms with E-state index in [4.69, 9.17) is 15.9 Å². The van der Waals surface area contributed by atoms with Crippen molar-refractivity contribution in [1.82, 2.24) is 4.90 Å². The predicted molar refractivity (Wildman–Crippen MR) is 69.7 cm³/mol. The number of hydrogen-bond donors (Lipinski definition) is 0. The molecule has 1 aliphatic heterocycles. The first-order valence-electron chi connectivity index (χ1n) is 5.86. The van der Waals surface area contributed by atoms with Crippen LogP contribution in [0.2, 0.25) is 0 Å². The van der Waals surface area contributed by atoms with Gasteiger partial charge < -0.3 is 14.4 Å². The van der Waals surface area contributed by atoms with Gasteiger partial charge in [0.05, 0.1) is 12.6 Å². The van der Waals surface area contributed by atoms with Crippen LogP contribution < -0.4 is 0 Å². The summed E-state index contributed by atoms with van der Waals surface area (Å²) >= 11 is 0. The van der Waals surface area contributed by atoms with Gasteiger partial charge in [-0.2, -0.15) is 0 Å². The maximum atomic E-state index is 11.9.